The Morgan fingerprint density at radius 3 is 2.73 bits per heavy atom. The van der Waals surface area contributed by atoms with Crippen LogP contribution in [0.1, 0.15) is 25.3 Å². The largest absolute Gasteiger partial charge is 0.501 e. The Morgan fingerprint density at radius 2 is 2.07 bits per heavy atom. The second kappa shape index (κ2) is 3.42. The van der Waals surface area contributed by atoms with Gasteiger partial charge in [-0.2, -0.15) is 0 Å². The molecule has 0 aromatic carbocycles. The third-order valence-corrected chi connectivity index (χ3v) is 2.43. The summed E-state index contributed by atoms with van der Waals surface area (Å²) >= 11 is 0. The van der Waals surface area contributed by atoms with Gasteiger partial charge in [-0.15, -0.1) is 0 Å². The second-order valence-electron chi connectivity index (χ2n) is 3.84. The minimum atomic E-state index is -0.675. The van der Waals surface area contributed by atoms with Crippen LogP contribution in [0.5, 0.6) is 5.75 Å². The molecule has 0 spiro atoms. The molecular weight excluding hydrogens is 192 g/mol. The SMILES string of the molecule is CC(C)c1cccc2oc(=O)c(O)c-2c1. The average molecular weight is 204 g/mol. The summed E-state index contributed by atoms with van der Waals surface area (Å²) in [6.45, 7) is 4.10. The lowest BCUT2D eigenvalue weighted by Gasteiger charge is -2.01. The van der Waals surface area contributed by atoms with E-state index >= 15 is 0 Å². The number of hydrogen-bond acceptors (Lipinski definition) is 3. The summed E-state index contributed by atoms with van der Waals surface area (Å²) in [5.41, 5.74) is 0.862. The quantitative estimate of drug-likeness (QED) is 0.776. The minimum absolute atomic E-state index is 0.303. The molecule has 1 N–H and O–H groups in total. The van der Waals surface area contributed by atoms with Gasteiger partial charge in [-0.25, -0.2) is 4.79 Å². The summed E-state index contributed by atoms with van der Waals surface area (Å²) < 4.78 is 4.89. The predicted molar refractivity (Wildman–Crippen MR) is 57.4 cm³/mol. The van der Waals surface area contributed by atoms with Gasteiger partial charge in [0.05, 0.1) is 5.56 Å². The van der Waals surface area contributed by atoms with Crippen LogP contribution in [-0.2, 0) is 0 Å². The Balaban J connectivity index is 2.74. The maximum Gasteiger partial charge on any atom is 0.379 e. The van der Waals surface area contributed by atoms with E-state index in [1.807, 2.05) is 12.1 Å². The highest BCUT2D eigenvalue weighted by Gasteiger charge is 2.16. The van der Waals surface area contributed by atoms with E-state index in [9.17, 15) is 9.90 Å². The lowest BCUT2D eigenvalue weighted by Crippen LogP contribution is -1.88. The van der Waals surface area contributed by atoms with Crippen LogP contribution in [0.15, 0.2) is 33.5 Å². The Hall–Kier alpha value is -1.77. The summed E-state index contributed by atoms with van der Waals surface area (Å²) in [6.07, 6.45) is 0. The van der Waals surface area contributed by atoms with E-state index in [0.29, 0.717) is 17.2 Å². The highest BCUT2D eigenvalue weighted by Crippen LogP contribution is 2.30. The third-order valence-electron chi connectivity index (χ3n) is 2.43. The maximum absolute atomic E-state index is 11.1. The Morgan fingerprint density at radius 1 is 1.33 bits per heavy atom. The van der Waals surface area contributed by atoms with Crippen LogP contribution in [0.3, 0.4) is 0 Å². The van der Waals surface area contributed by atoms with Crippen LogP contribution in [0.2, 0.25) is 0 Å². The first-order chi connectivity index (χ1) is 7.09. The molecule has 0 bridgehead atoms. The summed E-state index contributed by atoms with van der Waals surface area (Å²) in [5, 5.41) is 9.51. The number of hydrogen-bond donors (Lipinski definition) is 1. The summed E-state index contributed by atoms with van der Waals surface area (Å²) in [4.78, 5) is 11.1. The summed E-state index contributed by atoms with van der Waals surface area (Å²) in [6, 6.07) is 7.24. The van der Waals surface area contributed by atoms with Crippen molar-refractivity contribution in [2.24, 2.45) is 0 Å². The number of fused-ring (bicyclic) bond motifs is 1. The minimum Gasteiger partial charge on any atom is -0.501 e. The molecule has 0 saturated carbocycles. The molecule has 1 heterocycles. The van der Waals surface area contributed by atoms with E-state index in [1.165, 1.54) is 0 Å². The fraction of sp³-hybridized carbons (Fsp3) is 0.250. The Bertz CT molecular complexity index is 511. The molecule has 1 aliphatic heterocycles. The molecule has 0 fully saturated rings. The molecule has 0 amide bonds. The highest BCUT2D eigenvalue weighted by molar-refractivity contribution is 5.66. The van der Waals surface area contributed by atoms with Crippen LogP contribution >= 0.6 is 0 Å². The summed E-state index contributed by atoms with van der Waals surface area (Å²) in [5.74, 6) is 0.456. The average Bonchev–Trinajstić information content (AvgIpc) is 2.41. The van der Waals surface area contributed by atoms with Crippen molar-refractivity contribution in [1.29, 1.82) is 0 Å². The molecule has 78 valence electrons. The molecule has 0 saturated heterocycles. The van der Waals surface area contributed by atoms with E-state index in [0.717, 1.165) is 5.56 Å². The highest BCUT2D eigenvalue weighted by atomic mass is 16.4. The van der Waals surface area contributed by atoms with Gasteiger partial charge in [-0.3, -0.25) is 0 Å². The van der Waals surface area contributed by atoms with Gasteiger partial charge in [0.2, 0.25) is 5.75 Å². The van der Waals surface area contributed by atoms with Crippen molar-refractivity contribution in [2.75, 3.05) is 0 Å². The van der Waals surface area contributed by atoms with Gasteiger partial charge in [0, 0.05) is 0 Å². The van der Waals surface area contributed by atoms with Crippen LogP contribution in [0.4, 0.5) is 0 Å². The topological polar surface area (TPSA) is 50.4 Å². The second-order valence-corrected chi connectivity index (χ2v) is 3.84. The smallest absolute Gasteiger partial charge is 0.379 e. The van der Waals surface area contributed by atoms with Crippen molar-refractivity contribution in [2.45, 2.75) is 19.8 Å². The number of furan rings is 1. The van der Waals surface area contributed by atoms with E-state index in [2.05, 4.69) is 13.8 Å². The van der Waals surface area contributed by atoms with Crippen LogP contribution in [0.25, 0.3) is 11.3 Å². The lowest BCUT2D eigenvalue weighted by atomic mass is 10.0. The lowest BCUT2D eigenvalue weighted by molar-refractivity contribution is 0.445. The van der Waals surface area contributed by atoms with Gasteiger partial charge in [-0.05, 0) is 23.6 Å². The van der Waals surface area contributed by atoms with Gasteiger partial charge in [0.15, 0.2) is 0 Å². The van der Waals surface area contributed by atoms with Crippen LogP contribution < -0.4 is 5.63 Å². The van der Waals surface area contributed by atoms with Crippen molar-refractivity contribution < 1.29 is 9.52 Å². The van der Waals surface area contributed by atoms with E-state index in [-0.39, 0.29) is 5.75 Å². The standard InChI is InChI=1S/C12H12O3/c1-7(2)8-4-3-5-10-9(6-8)11(13)12(14)15-10/h3-7,13H,1-2H3. The molecule has 0 radical (unpaired) electrons. The molecule has 0 atom stereocenters. The zero-order chi connectivity index (χ0) is 11.0. The van der Waals surface area contributed by atoms with Crippen molar-refractivity contribution in [1.82, 2.24) is 0 Å². The molecule has 2 aliphatic rings. The third kappa shape index (κ3) is 1.61. The first-order valence-corrected chi connectivity index (χ1v) is 4.85. The van der Waals surface area contributed by atoms with E-state index in [1.54, 1.807) is 12.1 Å². The van der Waals surface area contributed by atoms with Crippen LogP contribution in [0, 0.1) is 0 Å². The normalized spacial score (nSPS) is 11.1. The van der Waals surface area contributed by atoms with Gasteiger partial charge < -0.3 is 9.52 Å². The number of rotatable bonds is 1. The van der Waals surface area contributed by atoms with Gasteiger partial charge in [0.1, 0.15) is 5.76 Å². The summed E-state index contributed by atoms with van der Waals surface area (Å²) in [7, 11) is 0. The first-order valence-electron chi connectivity index (χ1n) is 4.85. The van der Waals surface area contributed by atoms with Crippen LogP contribution in [-0.4, -0.2) is 5.11 Å². The molecule has 15 heavy (non-hydrogen) atoms. The zero-order valence-corrected chi connectivity index (χ0v) is 8.65. The molecular formula is C12H12O3. The first kappa shape index (κ1) is 9.77. The maximum atomic E-state index is 11.1. The van der Waals surface area contributed by atoms with Gasteiger partial charge >= 0.3 is 5.63 Å². The fourth-order valence-electron chi connectivity index (χ4n) is 1.51. The monoisotopic (exact) mass is 204 g/mol. The Kier molecular flexibility index (Phi) is 2.23. The zero-order valence-electron chi connectivity index (χ0n) is 8.65. The van der Waals surface area contributed by atoms with Gasteiger partial charge in [-0.1, -0.05) is 26.0 Å². The molecule has 2 rings (SSSR count). The molecule has 0 unspecified atom stereocenters. The van der Waals surface area contributed by atoms with Crippen molar-refractivity contribution in [3.05, 3.63) is 40.2 Å². The fourth-order valence-corrected chi connectivity index (χ4v) is 1.51. The van der Waals surface area contributed by atoms with Gasteiger partial charge in [0.25, 0.3) is 0 Å². The molecule has 3 heteroatoms. The molecule has 3 nitrogen and oxygen atoms in total. The molecule has 1 aliphatic carbocycles. The van der Waals surface area contributed by atoms with E-state index < -0.39 is 5.63 Å². The predicted octanol–water partition coefficient (Wildman–Crippen LogP) is 2.57. The molecule has 0 aromatic heterocycles. The number of aromatic hydroxyl groups is 1. The van der Waals surface area contributed by atoms with Crippen molar-refractivity contribution in [3.8, 4) is 17.1 Å². The molecule has 0 aromatic rings. The van der Waals surface area contributed by atoms with E-state index in [4.69, 9.17) is 4.42 Å². The Labute approximate surface area is 87.3 Å². The van der Waals surface area contributed by atoms with Crippen molar-refractivity contribution >= 4 is 0 Å². The van der Waals surface area contributed by atoms with Crippen molar-refractivity contribution in [3.63, 3.8) is 0 Å².